The lowest BCUT2D eigenvalue weighted by Crippen LogP contribution is -2.26. The van der Waals surface area contributed by atoms with Crippen molar-refractivity contribution in [3.05, 3.63) is 26.6 Å². The molecular formula is C17H20N2OS. The van der Waals surface area contributed by atoms with Gasteiger partial charge in [-0.2, -0.15) is 0 Å². The zero-order chi connectivity index (χ0) is 15.1. The molecule has 3 rings (SSSR count). The summed E-state index contributed by atoms with van der Waals surface area (Å²) in [5.41, 5.74) is 1.28. The van der Waals surface area contributed by atoms with Gasteiger partial charge in [-0.15, -0.1) is 17.8 Å². The number of hydrogen-bond donors (Lipinski definition) is 0. The van der Waals surface area contributed by atoms with Crippen LogP contribution in [0.25, 0.3) is 10.2 Å². The minimum atomic E-state index is 0.0497. The van der Waals surface area contributed by atoms with E-state index in [2.05, 4.69) is 26.7 Å². The second-order valence-corrected chi connectivity index (χ2v) is 7.34. The number of thiophene rings is 1. The predicted octanol–water partition coefficient (Wildman–Crippen LogP) is 3.34. The number of aromatic nitrogens is 2. The highest BCUT2D eigenvalue weighted by atomic mass is 32.1. The van der Waals surface area contributed by atoms with E-state index < -0.39 is 0 Å². The number of terminal acetylenes is 1. The first-order chi connectivity index (χ1) is 10.0. The molecule has 4 heteroatoms. The fourth-order valence-corrected chi connectivity index (χ4v) is 4.50. The monoisotopic (exact) mass is 300 g/mol. The molecule has 0 radical (unpaired) electrons. The van der Waals surface area contributed by atoms with Gasteiger partial charge in [0, 0.05) is 10.8 Å². The van der Waals surface area contributed by atoms with Crippen LogP contribution in [0.5, 0.6) is 0 Å². The molecule has 0 fully saturated rings. The van der Waals surface area contributed by atoms with Crippen molar-refractivity contribution in [2.24, 2.45) is 5.92 Å². The molecule has 1 atom stereocenters. The number of aryl methyl sites for hydroxylation is 1. The Morgan fingerprint density at radius 2 is 2.29 bits per heavy atom. The molecule has 2 heterocycles. The van der Waals surface area contributed by atoms with Crippen LogP contribution in [0.15, 0.2) is 4.79 Å². The van der Waals surface area contributed by atoms with Crippen molar-refractivity contribution in [3.63, 3.8) is 0 Å². The molecular weight excluding hydrogens is 280 g/mol. The lowest BCUT2D eigenvalue weighted by Gasteiger charge is -2.17. The smallest absolute Gasteiger partial charge is 0.263 e. The maximum Gasteiger partial charge on any atom is 0.263 e. The molecule has 0 amide bonds. The second kappa shape index (κ2) is 5.31. The molecule has 0 spiro atoms. The second-order valence-electron chi connectivity index (χ2n) is 6.25. The molecule has 1 aliphatic rings. The third kappa shape index (κ3) is 2.30. The van der Waals surface area contributed by atoms with Crippen molar-refractivity contribution in [1.82, 2.24) is 9.55 Å². The van der Waals surface area contributed by atoms with Gasteiger partial charge in [0.05, 0.1) is 11.9 Å². The first kappa shape index (κ1) is 14.3. The van der Waals surface area contributed by atoms with Crippen molar-refractivity contribution in [3.8, 4) is 12.3 Å². The summed E-state index contributed by atoms with van der Waals surface area (Å²) < 4.78 is 1.68. The highest BCUT2D eigenvalue weighted by Gasteiger charge is 2.24. The van der Waals surface area contributed by atoms with E-state index in [4.69, 9.17) is 11.4 Å². The zero-order valence-electron chi connectivity index (χ0n) is 12.8. The molecule has 21 heavy (non-hydrogen) atoms. The van der Waals surface area contributed by atoms with Crippen molar-refractivity contribution < 1.29 is 0 Å². The van der Waals surface area contributed by atoms with Gasteiger partial charge in [0.2, 0.25) is 0 Å². The van der Waals surface area contributed by atoms with Crippen LogP contribution >= 0.6 is 11.3 Å². The molecule has 1 aliphatic carbocycles. The summed E-state index contributed by atoms with van der Waals surface area (Å²) in [5.74, 6) is 4.28. The molecule has 1 unspecified atom stereocenters. The molecule has 0 aromatic carbocycles. The van der Waals surface area contributed by atoms with Gasteiger partial charge in [-0.1, -0.05) is 26.7 Å². The van der Waals surface area contributed by atoms with E-state index in [9.17, 15) is 4.79 Å². The third-order valence-corrected chi connectivity index (χ3v) is 5.36. The minimum Gasteiger partial charge on any atom is -0.284 e. The van der Waals surface area contributed by atoms with Crippen LogP contribution in [0.1, 0.15) is 49.4 Å². The Kier molecular flexibility index (Phi) is 3.62. The van der Waals surface area contributed by atoms with E-state index in [0.717, 1.165) is 35.3 Å². The number of fused-ring (bicyclic) bond motifs is 3. The van der Waals surface area contributed by atoms with Crippen LogP contribution in [0.3, 0.4) is 0 Å². The van der Waals surface area contributed by atoms with Crippen LogP contribution < -0.4 is 5.56 Å². The van der Waals surface area contributed by atoms with Crippen LogP contribution in [0, 0.1) is 18.3 Å². The van der Waals surface area contributed by atoms with Gasteiger partial charge in [-0.05, 0) is 30.7 Å². The quantitative estimate of drug-likeness (QED) is 0.797. The molecule has 2 aromatic heterocycles. The van der Waals surface area contributed by atoms with Crippen LogP contribution in [0.2, 0.25) is 0 Å². The maximum absolute atomic E-state index is 12.9. The van der Waals surface area contributed by atoms with E-state index in [1.54, 1.807) is 15.9 Å². The normalized spacial score (nSPS) is 18.0. The standard InChI is InChI=1S/C17H20N2OS/c1-5-8-19-15(10(2)3)18-16-14(17(19)20)12-7-6-11(4)9-13(12)21-16/h1,10-11H,6-9H2,2-4H3. The summed E-state index contributed by atoms with van der Waals surface area (Å²) in [6.45, 7) is 6.68. The Hall–Kier alpha value is -1.60. The van der Waals surface area contributed by atoms with E-state index in [-0.39, 0.29) is 11.5 Å². The Balaban J connectivity index is 2.32. The Morgan fingerprint density at radius 3 is 2.95 bits per heavy atom. The zero-order valence-corrected chi connectivity index (χ0v) is 13.6. The van der Waals surface area contributed by atoms with Crippen molar-refractivity contribution >= 4 is 21.6 Å². The van der Waals surface area contributed by atoms with Crippen molar-refractivity contribution in [2.45, 2.75) is 52.5 Å². The molecule has 0 N–H and O–H groups in total. The third-order valence-electron chi connectivity index (χ3n) is 4.21. The highest BCUT2D eigenvalue weighted by Crippen LogP contribution is 2.36. The van der Waals surface area contributed by atoms with E-state index in [0.29, 0.717) is 12.5 Å². The Bertz CT molecular complexity index is 792. The van der Waals surface area contributed by atoms with Gasteiger partial charge in [0.1, 0.15) is 10.7 Å². The lowest BCUT2D eigenvalue weighted by atomic mass is 9.89. The average molecular weight is 300 g/mol. The van der Waals surface area contributed by atoms with Gasteiger partial charge < -0.3 is 0 Å². The fraction of sp³-hybridized carbons (Fsp3) is 0.529. The first-order valence-electron chi connectivity index (χ1n) is 7.51. The summed E-state index contributed by atoms with van der Waals surface area (Å²) in [7, 11) is 0. The van der Waals surface area contributed by atoms with E-state index >= 15 is 0 Å². The summed E-state index contributed by atoms with van der Waals surface area (Å²) in [4.78, 5) is 19.9. The van der Waals surface area contributed by atoms with Gasteiger partial charge in [-0.25, -0.2) is 4.98 Å². The molecule has 2 aromatic rings. The lowest BCUT2D eigenvalue weighted by molar-refractivity contribution is 0.509. The summed E-state index contributed by atoms with van der Waals surface area (Å²) in [5, 5.41) is 0.821. The largest absolute Gasteiger partial charge is 0.284 e. The van der Waals surface area contributed by atoms with E-state index in [1.807, 2.05) is 0 Å². The van der Waals surface area contributed by atoms with Gasteiger partial charge >= 0.3 is 0 Å². The summed E-state index contributed by atoms with van der Waals surface area (Å²) >= 11 is 1.70. The fourth-order valence-electron chi connectivity index (χ4n) is 3.12. The molecule has 110 valence electrons. The molecule has 0 bridgehead atoms. The van der Waals surface area contributed by atoms with Gasteiger partial charge in [-0.3, -0.25) is 9.36 Å². The molecule has 0 aliphatic heterocycles. The Morgan fingerprint density at radius 1 is 1.52 bits per heavy atom. The number of nitrogens with zero attached hydrogens (tertiary/aromatic N) is 2. The predicted molar refractivity (Wildman–Crippen MR) is 88.0 cm³/mol. The topological polar surface area (TPSA) is 34.9 Å². The Labute approximate surface area is 129 Å². The molecule has 3 nitrogen and oxygen atoms in total. The van der Waals surface area contributed by atoms with E-state index in [1.165, 1.54) is 10.4 Å². The molecule has 0 saturated carbocycles. The number of rotatable bonds is 2. The van der Waals surface area contributed by atoms with Gasteiger partial charge in [0.25, 0.3) is 5.56 Å². The first-order valence-corrected chi connectivity index (χ1v) is 8.33. The minimum absolute atomic E-state index is 0.0497. The highest BCUT2D eigenvalue weighted by molar-refractivity contribution is 7.18. The number of hydrogen-bond acceptors (Lipinski definition) is 3. The van der Waals surface area contributed by atoms with Crippen LogP contribution in [-0.2, 0) is 19.4 Å². The summed E-state index contributed by atoms with van der Waals surface area (Å²) in [6, 6.07) is 0. The van der Waals surface area contributed by atoms with Crippen LogP contribution in [-0.4, -0.2) is 9.55 Å². The SMILES string of the molecule is C#CCn1c(C(C)C)nc2sc3c(c2c1=O)CCC(C)C3. The van der Waals surface area contributed by atoms with Crippen molar-refractivity contribution in [2.75, 3.05) is 0 Å². The summed E-state index contributed by atoms with van der Waals surface area (Å²) in [6.07, 6.45) is 8.65. The van der Waals surface area contributed by atoms with Crippen molar-refractivity contribution in [1.29, 1.82) is 0 Å². The maximum atomic E-state index is 12.9. The average Bonchev–Trinajstić information content (AvgIpc) is 2.79. The van der Waals surface area contributed by atoms with Crippen LogP contribution in [0.4, 0.5) is 0 Å². The van der Waals surface area contributed by atoms with Gasteiger partial charge in [0.15, 0.2) is 0 Å². The molecule has 0 saturated heterocycles.